The van der Waals surface area contributed by atoms with E-state index >= 15 is 0 Å². The summed E-state index contributed by atoms with van der Waals surface area (Å²) in [5, 5.41) is 13.2. The Kier molecular flexibility index (Phi) is 2.76. The average molecular weight is 294 g/mol. The van der Waals surface area contributed by atoms with Crippen molar-refractivity contribution in [2.75, 3.05) is 0 Å². The number of benzene rings is 1. The lowest BCUT2D eigenvalue weighted by atomic mass is 9.99. The minimum atomic E-state index is -1.16. The van der Waals surface area contributed by atoms with Crippen molar-refractivity contribution >= 4 is 17.6 Å². The van der Waals surface area contributed by atoms with Gasteiger partial charge in [-0.1, -0.05) is 16.8 Å². The second-order valence-corrected chi connectivity index (χ2v) is 5.80. The van der Waals surface area contributed by atoms with Crippen molar-refractivity contribution in [1.29, 1.82) is 0 Å². The zero-order chi connectivity index (χ0) is 14.5. The number of carbonyl (C=O) groups is 1. The molecule has 0 amide bonds. The van der Waals surface area contributed by atoms with Crippen LogP contribution in [0.25, 0.3) is 11.3 Å². The van der Waals surface area contributed by atoms with Gasteiger partial charge in [0.2, 0.25) is 5.76 Å². The topological polar surface area (TPSA) is 72.6 Å². The number of rotatable bonds is 2. The van der Waals surface area contributed by atoms with Crippen LogP contribution in [0.15, 0.2) is 22.7 Å². The highest BCUT2D eigenvalue weighted by molar-refractivity contribution is 6.31. The molecule has 2 aromatic rings. The van der Waals surface area contributed by atoms with Crippen LogP contribution in [0.4, 0.5) is 0 Å². The van der Waals surface area contributed by atoms with Gasteiger partial charge in [-0.15, -0.1) is 0 Å². The maximum absolute atomic E-state index is 10.9. The summed E-state index contributed by atoms with van der Waals surface area (Å²) in [4.78, 5) is 10.9. The van der Waals surface area contributed by atoms with Crippen molar-refractivity contribution in [3.05, 3.63) is 34.5 Å². The zero-order valence-electron chi connectivity index (χ0n) is 10.9. The van der Waals surface area contributed by atoms with Crippen LogP contribution >= 0.6 is 11.6 Å². The summed E-state index contributed by atoms with van der Waals surface area (Å²) in [6, 6.07) is 4.92. The van der Waals surface area contributed by atoms with Crippen molar-refractivity contribution in [3.8, 4) is 17.0 Å². The molecule has 0 fully saturated rings. The van der Waals surface area contributed by atoms with Crippen LogP contribution < -0.4 is 4.74 Å². The van der Waals surface area contributed by atoms with E-state index in [1.54, 1.807) is 6.07 Å². The molecule has 0 unspecified atom stereocenters. The molecule has 2 heterocycles. The molecular formula is C14H12ClNO4. The minimum absolute atomic E-state index is 0.217. The number of hydrogen-bond acceptors (Lipinski definition) is 4. The van der Waals surface area contributed by atoms with E-state index in [9.17, 15) is 4.79 Å². The van der Waals surface area contributed by atoms with Crippen LogP contribution in [0.3, 0.4) is 0 Å². The van der Waals surface area contributed by atoms with Gasteiger partial charge in [-0.05, 0) is 26.0 Å². The third-order valence-electron chi connectivity index (χ3n) is 3.12. The van der Waals surface area contributed by atoms with E-state index in [1.807, 2.05) is 19.9 Å². The lowest BCUT2D eigenvalue weighted by Crippen LogP contribution is -2.24. The average Bonchev–Trinajstić information content (AvgIpc) is 2.90. The Balaban J connectivity index is 2.13. The van der Waals surface area contributed by atoms with Crippen LogP contribution in [-0.2, 0) is 6.42 Å². The quantitative estimate of drug-likeness (QED) is 0.918. The van der Waals surface area contributed by atoms with Gasteiger partial charge >= 0.3 is 5.97 Å². The number of ether oxygens (including phenoxy) is 1. The van der Waals surface area contributed by atoms with Crippen LogP contribution in [0.2, 0.25) is 5.02 Å². The lowest BCUT2D eigenvalue weighted by Gasteiger charge is -2.17. The molecule has 0 atom stereocenters. The smallest absolute Gasteiger partial charge is 0.374 e. The highest BCUT2D eigenvalue weighted by Gasteiger charge is 2.33. The Bertz CT molecular complexity index is 705. The fourth-order valence-electron chi connectivity index (χ4n) is 2.37. The molecule has 0 spiro atoms. The molecule has 1 aliphatic rings. The third kappa shape index (κ3) is 2.14. The maximum atomic E-state index is 10.9. The molecule has 1 N–H and O–H groups in total. The molecule has 1 aromatic carbocycles. The zero-order valence-corrected chi connectivity index (χ0v) is 11.7. The molecule has 6 heteroatoms. The Morgan fingerprint density at radius 3 is 2.80 bits per heavy atom. The van der Waals surface area contributed by atoms with E-state index in [2.05, 4.69) is 5.16 Å². The van der Waals surface area contributed by atoms with Crippen LogP contribution in [0.1, 0.15) is 30.0 Å². The molecule has 1 aliphatic heterocycles. The van der Waals surface area contributed by atoms with Crippen LogP contribution in [0, 0.1) is 0 Å². The summed E-state index contributed by atoms with van der Waals surface area (Å²) in [7, 11) is 0. The Labute approximate surface area is 120 Å². The summed E-state index contributed by atoms with van der Waals surface area (Å²) in [5.74, 6) is -0.695. The summed E-state index contributed by atoms with van der Waals surface area (Å²) >= 11 is 6.11. The van der Waals surface area contributed by atoms with E-state index in [1.165, 1.54) is 6.07 Å². The first-order valence-electron chi connectivity index (χ1n) is 6.07. The molecule has 0 saturated carbocycles. The fraction of sp³-hybridized carbons (Fsp3) is 0.286. The van der Waals surface area contributed by atoms with Crippen molar-refractivity contribution in [1.82, 2.24) is 5.16 Å². The van der Waals surface area contributed by atoms with E-state index in [4.69, 9.17) is 26.0 Å². The molecule has 3 rings (SSSR count). The molecule has 0 radical (unpaired) electrons. The standard InChI is InChI=1S/C14H12ClNO4/c1-14(2)6-7-3-8(15)4-9(12(7)19-14)10-5-11(13(17)18)20-16-10/h3-5H,6H2,1-2H3,(H,17,18). The molecule has 20 heavy (non-hydrogen) atoms. The normalized spacial score (nSPS) is 15.8. The maximum Gasteiger partial charge on any atom is 0.374 e. The van der Waals surface area contributed by atoms with Gasteiger partial charge in [0.05, 0.1) is 0 Å². The number of carboxylic acids is 1. The van der Waals surface area contributed by atoms with Crippen molar-refractivity contribution in [2.24, 2.45) is 0 Å². The predicted molar refractivity (Wildman–Crippen MR) is 72.3 cm³/mol. The second-order valence-electron chi connectivity index (χ2n) is 5.36. The Morgan fingerprint density at radius 1 is 1.40 bits per heavy atom. The highest BCUT2D eigenvalue weighted by Crippen LogP contribution is 2.43. The van der Waals surface area contributed by atoms with Crippen LogP contribution in [0.5, 0.6) is 5.75 Å². The highest BCUT2D eigenvalue weighted by atomic mass is 35.5. The second kappa shape index (κ2) is 4.24. The van der Waals surface area contributed by atoms with Gasteiger partial charge in [0, 0.05) is 28.6 Å². The first kappa shape index (κ1) is 13.0. The first-order valence-corrected chi connectivity index (χ1v) is 6.45. The fourth-order valence-corrected chi connectivity index (χ4v) is 2.61. The van der Waals surface area contributed by atoms with Gasteiger partial charge in [-0.2, -0.15) is 0 Å². The van der Waals surface area contributed by atoms with E-state index in [0.29, 0.717) is 22.0 Å². The van der Waals surface area contributed by atoms with Crippen molar-refractivity contribution < 1.29 is 19.2 Å². The van der Waals surface area contributed by atoms with Gasteiger partial charge in [-0.25, -0.2) is 4.79 Å². The minimum Gasteiger partial charge on any atom is -0.487 e. The lowest BCUT2D eigenvalue weighted by molar-refractivity contribution is 0.0652. The molecule has 104 valence electrons. The monoisotopic (exact) mass is 293 g/mol. The van der Waals surface area contributed by atoms with E-state index in [0.717, 1.165) is 12.0 Å². The summed E-state index contributed by atoms with van der Waals surface area (Å²) in [6.07, 6.45) is 0.736. The van der Waals surface area contributed by atoms with Gasteiger partial charge < -0.3 is 14.4 Å². The predicted octanol–water partition coefficient (Wildman–Crippen LogP) is 3.41. The number of halogens is 1. The first-order chi connectivity index (χ1) is 9.35. The number of hydrogen-bond donors (Lipinski definition) is 1. The summed E-state index contributed by atoms with van der Waals surface area (Å²) in [5.41, 5.74) is 1.71. The number of fused-ring (bicyclic) bond motifs is 1. The number of carboxylic acid groups (broad SMARTS) is 1. The molecule has 0 aliphatic carbocycles. The van der Waals surface area contributed by atoms with Crippen LogP contribution in [-0.4, -0.2) is 21.8 Å². The molecular weight excluding hydrogens is 282 g/mol. The summed E-state index contributed by atoms with van der Waals surface area (Å²) < 4.78 is 10.7. The van der Waals surface area contributed by atoms with Gasteiger partial charge in [-0.3, -0.25) is 0 Å². The SMILES string of the molecule is CC1(C)Cc2cc(Cl)cc(-c3cc(C(=O)O)on3)c2O1. The Morgan fingerprint density at radius 2 is 2.15 bits per heavy atom. The number of aromatic nitrogens is 1. The van der Waals surface area contributed by atoms with Crippen molar-refractivity contribution in [2.45, 2.75) is 25.9 Å². The summed E-state index contributed by atoms with van der Waals surface area (Å²) in [6.45, 7) is 3.96. The van der Waals surface area contributed by atoms with Gasteiger partial charge in [0.1, 0.15) is 17.0 Å². The number of nitrogens with zero attached hydrogens (tertiary/aromatic N) is 1. The molecule has 5 nitrogen and oxygen atoms in total. The number of aromatic carboxylic acids is 1. The van der Waals surface area contributed by atoms with E-state index < -0.39 is 5.97 Å². The van der Waals surface area contributed by atoms with E-state index in [-0.39, 0.29) is 11.4 Å². The Hall–Kier alpha value is -2.01. The van der Waals surface area contributed by atoms with Gasteiger partial charge in [0.15, 0.2) is 0 Å². The molecule has 0 saturated heterocycles. The largest absolute Gasteiger partial charge is 0.487 e. The van der Waals surface area contributed by atoms with Crippen molar-refractivity contribution in [3.63, 3.8) is 0 Å². The third-order valence-corrected chi connectivity index (χ3v) is 3.34. The molecule has 1 aromatic heterocycles. The van der Waals surface area contributed by atoms with Gasteiger partial charge in [0.25, 0.3) is 0 Å². The molecule has 0 bridgehead atoms.